The van der Waals surface area contributed by atoms with Crippen LogP contribution in [0.5, 0.6) is 0 Å². The Kier molecular flexibility index (Phi) is 4.93. The van der Waals surface area contributed by atoms with Crippen molar-refractivity contribution < 1.29 is 13.2 Å². The van der Waals surface area contributed by atoms with Crippen molar-refractivity contribution in [1.82, 2.24) is 5.32 Å². The smallest absolute Gasteiger partial charge is 0.262 e. The second-order valence-corrected chi connectivity index (χ2v) is 8.94. The van der Waals surface area contributed by atoms with Crippen LogP contribution in [0.15, 0.2) is 21.5 Å². The number of carbonyl (C=O) groups excluding carboxylic acids is 1. The van der Waals surface area contributed by atoms with Gasteiger partial charge in [0, 0.05) is 20.7 Å². The van der Waals surface area contributed by atoms with E-state index in [2.05, 4.69) is 21.2 Å². The molecule has 1 fully saturated rings. The molecule has 1 N–H and O–H groups in total. The second-order valence-electron chi connectivity index (χ2n) is 5.14. The minimum Gasteiger partial charge on any atom is -0.347 e. The first-order chi connectivity index (χ1) is 9.68. The Morgan fingerprint density at radius 3 is 2.48 bits per heavy atom. The summed E-state index contributed by atoms with van der Waals surface area (Å²) in [5.41, 5.74) is -0.0909. The van der Waals surface area contributed by atoms with E-state index in [0.29, 0.717) is 0 Å². The van der Waals surface area contributed by atoms with Gasteiger partial charge in [0.1, 0.15) is 0 Å². The van der Waals surface area contributed by atoms with Gasteiger partial charge in [-0.05, 0) is 53.7 Å². The molecule has 0 atom stereocenters. The van der Waals surface area contributed by atoms with E-state index in [0.717, 1.165) is 25.7 Å². The lowest BCUT2D eigenvalue weighted by molar-refractivity contribution is 0.0820. The third kappa shape index (κ3) is 3.55. The minimum absolute atomic E-state index is 0.110. The first kappa shape index (κ1) is 17.1. The highest BCUT2D eigenvalue weighted by molar-refractivity contribution is 9.10. The van der Waals surface area contributed by atoms with Gasteiger partial charge in [-0.3, -0.25) is 4.79 Å². The Morgan fingerprint density at radius 1 is 1.43 bits per heavy atom. The standard InChI is InChI=1S/C13H14BrCl2NO3S/c1-2-13(4-3-5-13)17-12(18)8-6-11(21(16,19)20)9(14)7-10(8)15/h6-7H,2-5H2,1H3,(H,17,18). The van der Waals surface area contributed by atoms with Crippen LogP contribution in [0.2, 0.25) is 5.02 Å². The topological polar surface area (TPSA) is 63.2 Å². The molecule has 0 radical (unpaired) electrons. The fourth-order valence-corrected chi connectivity index (χ4v) is 4.95. The monoisotopic (exact) mass is 413 g/mol. The van der Waals surface area contributed by atoms with E-state index in [4.69, 9.17) is 22.3 Å². The van der Waals surface area contributed by atoms with E-state index in [9.17, 15) is 13.2 Å². The number of benzene rings is 1. The van der Waals surface area contributed by atoms with Gasteiger partial charge in [-0.1, -0.05) is 18.5 Å². The summed E-state index contributed by atoms with van der Waals surface area (Å²) < 4.78 is 23.2. The van der Waals surface area contributed by atoms with Crippen LogP contribution >= 0.6 is 38.2 Å². The summed E-state index contributed by atoms with van der Waals surface area (Å²) in [6.45, 7) is 2.01. The zero-order valence-corrected chi connectivity index (χ0v) is 15.2. The highest BCUT2D eigenvalue weighted by Crippen LogP contribution is 2.36. The average Bonchev–Trinajstić information content (AvgIpc) is 2.31. The van der Waals surface area contributed by atoms with Gasteiger partial charge >= 0.3 is 0 Å². The van der Waals surface area contributed by atoms with Crippen molar-refractivity contribution >= 4 is 53.2 Å². The Morgan fingerprint density at radius 2 is 2.05 bits per heavy atom. The van der Waals surface area contributed by atoms with Crippen LogP contribution in [-0.4, -0.2) is 19.9 Å². The van der Waals surface area contributed by atoms with Crippen molar-refractivity contribution in [3.05, 3.63) is 27.2 Å². The molecule has 0 heterocycles. The van der Waals surface area contributed by atoms with E-state index in [1.807, 2.05) is 6.92 Å². The number of amides is 1. The van der Waals surface area contributed by atoms with Crippen LogP contribution in [0, 0.1) is 0 Å². The Hall–Kier alpha value is -0.300. The first-order valence-corrected chi connectivity index (χ1v) is 9.93. The van der Waals surface area contributed by atoms with E-state index >= 15 is 0 Å². The Bertz CT molecular complexity index is 681. The van der Waals surface area contributed by atoms with Crippen molar-refractivity contribution in [3.63, 3.8) is 0 Å². The molecule has 0 unspecified atom stereocenters. The quantitative estimate of drug-likeness (QED) is 0.754. The van der Waals surface area contributed by atoms with E-state index < -0.39 is 9.05 Å². The molecule has 1 amide bonds. The maximum atomic E-state index is 12.4. The second kappa shape index (κ2) is 6.07. The minimum atomic E-state index is -3.96. The largest absolute Gasteiger partial charge is 0.347 e. The van der Waals surface area contributed by atoms with E-state index in [1.165, 1.54) is 12.1 Å². The summed E-state index contributed by atoms with van der Waals surface area (Å²) in [5, 5.41) is 3.13. The predicted molar refractivity (Wildman–Crippen MR) is 86.5 cm³/mol. The Balaban J connectivity index is 2.37. The normalized spacial score (nSPS) is 17.1. The van der Waals surface area contributed by atoms with Crippen LogP contribution in [0.4, 0.5) is 0 Å². The molecule has 8 heteroatoms. The van der Waals surface area contributed by atoms with Crippen LogP contribution in [0.1, 0.15) is 43.0 Å². The molecule has 1 aliphatic rings. The van der Waals surface area contributed by atoms with Crippen LogP contribution in [0.25, 0.3) is 0 Å². The third-order valence-electron chi connectivity index (χ3n) is 3.90. The van der Waals surface area contributed by atoms with Gasteiger partial charge in [-0.25, -0.2) is 8.42 Å². The molecule has 0 aromatic heterocycles. The number of carbonyl (C=O) groups is 1. The first-order valence-electron chi connectivity index (χ1n) is 6.45. The molecule has 21 heavy (non-hydrogen) atoms. The highest BCUT2D eigenvalue weighted by Gasteiger charge is 2.37. The lowest BCUT2D eigenvalue weighted by Gasteiger charge is -2.42. The molecule has 0 saturated heterocycles. The molecule has 1 saturated carbocycles. The molecule has 2 rings (SSSR count). The van der Waals surface area contributed by atoms with E-state index in [1.54, 1.807) is 0 Å². The zero-order chi connectivity index (χ0) is 15.8. The summed E-state index contributed by atoms with van der Waals surface area (Å²) in [6.07, 6.45) is 3.74. The third-order valence-corrected chi connectivity index (χ3v) is 6.49. The maximum Gasteiger partial charge on any atom is 0.262 e. The van der Waals surface area contributed by atoms with Crippen molar-refractivity contribution in [3.8, 4) is 0 Å². The molecule has 1 aromatic carbocycles. The van der Waals surface area contributed by atoms with E-state index in [-0.39, 0.29) is 31.4 Å². The van der Waals surface area contributed by atoms with Gasteiger partial charge in [0.2, 0.25) is 0 Å². The predicted octanol–water partition coefficient (Wildman–Crippen LogP) is 4.09. The molecule has 0 bridgehead atoms. The number of hydrogen-bond donors (Lipinski definition) is 1. The molecule has 116 valence electrons. The highest BCUT2D eigenvalue weighted by atomic mass is 79.9. The maximum absolute atomic E-state index is 12.4. The summed E-state index contributed by atoms with van der Waals surface area (Å²) in [7, 11) is 1.40. The molecular weight excluding hydrogens is 401 g/mol. The molecule has 4 nitrogen and oxygen atoms in total. The molecule has 0 aliphatic heterocycles. The molecular formula is C13H14BrCl2NO3S. The Labute approximate surface area is 141 Å². The van der Waals surface area contributed by atoms with Gasteiger partial charge in [-0.15, -0.1) is 0 Å². The van der Waals surface area contributed by atoms with Gasteiger partial charge in [0.25, 0.3) is 15.0 Å². The fraction of sp³-hybridized carbons (Fsp3) is 0.462. The van der Waals surface area contributed by atoms with Gasteiger partial charge in [0.15, 0.2) is 0 Å². The molecule has 1 aliphatic carbocycles. The SMILES string of the molecule is CCC1(NC(=O)c2cc(S(=O)(=O)Cl)c(Br)cc2Cl)CCC1. The number of hydrogen-bond acceptors (Lipinski definition) is 3. The van der Waals surface area contributed by atoms with Crippen molar-refractivity contribution in [2.45, 2.75) is 43.0 Å². The summed E-state index contributed by atoms with van der Waals surface area (Å²) in [4.78, 5) is 12.2. The lowest BCUT2D eigenvalue weighted by atomic mass is 9.74. The zero-order valence-electron chi connectivity index (χ0n) is 11.3. The van der Waals surface area contributed by atoms with Crippen molar-refractivity contribution in [1.29, 1.82) is 0 Å². The van der Waals surface area contributed by atoms with Crippen molar-refractivity contribution in [2.24, 2.45) is 0 Å². The summed E-state index contributed by atoms with van der Waals surface area (Å²) >= 11 is 9.14. The van der Waals surface area contributed by atoms with Crippen LogP contribution in [0.3, 0.4) is 0 Å². The average molecular weight is 415 g/mol. The number of nitrogens with one attached hydrogen (secondary N) is 1. The summed E-state index contributed by atoms with van der Waals surface area (Å²) in [5.74, 6) is -0.379. The van der Waals surface area contributed by atoms with Gasteiger partial charge in [0.05, 0.1) is 15.5 Å². The van der Waals surface area contributed by atoms with Crippen LogP contribution < -0.4 is 5.32 Å². The van der Waals surface area contributed by atoms with Crippen molar-refractivity contribution in [2.75, 3.05) is 0 Å². The van der Waals surface area contributed by atoms with Crippen LogP contribution in [-0.2, 0) is 9.05 Å². The van der Waals surface area contributed by atoms with Gasteiger partial charge in [-0.2, -0.15) is 0 Å². The fourth-order valence-electron chi connectivity index (χ4n) is 2.37. The number of rotatable bonds is 4. The number of halogens is 3. The molecule has 1 aromatic rings. The molecule has 0 spiro atoms. The van der Waals surface area contributed by atoms with Gasteiger partial charge < -0.3 is 5.32 Å². The summed E-state index contributed by atoms with van der Waals surface area (Å²) in [6, 6.07) is 2.57. The lowest BCUT2D eigenvalue weighted by Crippen LogP contribution is -2.53.